The molecule has 0 radical (unpaired) electrons. The maximum absolute atomic E-state index is 13.5. The van der Waals surface area contributed by atoms with Crippen LogP contribution in [0.25, 0.3) is 22.4 Å². The van der Waals surface area contributed by atoms with Crippen LogP contribution in [0.5, 0.6) is 11.5 Å². The summed E-state index contributed by atoms with van der Waals surface area (Å²) in [5.74, 6) is -1.72. The zero-order valence-corrected chi connectivity index (χ0v) is 22.4. The number of benzene rings is 2. The minimum Gasteiger partial charge on any atom is -0.460 e. The van der Waals surface area contributed by atoms with Crippen molar-refractivity contribution in [1.82, 2.24) is 14.7 Å². The van der Waals surface area contributed by atoms with E-state index in [0.717, 1.165) is 5.56 Å². The maximum Gasteiger partial charge on any atom is 0.586 e. The summed E-state index contributed by atoms with van der Waals surface area (Å²) in [6.07, 6.45) is -2.13. The quantitative estimate of drug-likeness (QED) is 0.438. The first-order valence-corrected chi connectivity index (χ1v) is 12.6. The molecule has 0 fully saturated rings. The van der Waals surface area contributed by atoms with Crippen LogP contribution in [0.2, 0.25) is 0 Å². The first kappa shape index (κ1) is 27.1. The number of hydrogen-bond donors (Lipinski definition) is 1. The van der Waals surface area contributed by atoms with Crippen LogP contribution in [-0.4, -0.2) is 50.4 Å². The van der Waals surface area contributed by atoms with Gasteiger partial charge in [-0.05, 0) is 68.7 Å². The second kappa shape index (κ2) is 9.61. The van der Waals surface area contributed by atoms with Gasteiger partial charge in [0.2, 0.25) is 5.91 Å². The smallest absolute Gasteiger partial charge is 0.460 e. The third-order valence-corrected chi connectivity index (χ3v) is 6.61. The molecule has 1 unspecified atom stereocenters. The Hall–Kier alpha value is -4.48. The van der Waals surface area contributed by atoms with Crippen molar-refractivity contribution in [2.24, 2.45) is 12.8 Å². The van der Waals surface area contributed by atoms with Gasteiger partial charge in [0, 0.05) is 36.7 Å². The lowest BCUT2D eigenvalue weighted by atomic mass is 9.98. The SMILES string of the molecule is Cn1ncc(-c2ccc3c(c2)CN(C(CCC(=O)OC(C)(C)C)C(N)=O)C3=O)c1-c1ccc2c(c1)OC(F)(F)O2. The first-order chi connectivity index (χ1) is 18.7. The van der Waals surface area contributed by atoms with Gasteiger partial charge in [0.05, 0.1) is 11.9 Å². The number of carbonyl (C=O) groups excluding carboxylic acids is 3. The van der Waals surface area contributed by atoms with Crippen LogP contribution in [0.4, 0.5) is 8.78 Å². The molecule has 5 rings (SSSR count). The van der Waals surface area contributed by atoms with Crippen LogP contribution >= 0.6 is 0 Å². The van der Waals surface area contributed by atoms with Crippen molar-refractivity contribution >= 4 is 17.8 Å². The van der Waals surface area contributed by atoms with E-state index in [0.29, 0.717) is 27.9 Å². The molecule has 0 spiro atoms. The van der Waals surface area contributed by atoms with Crippen LogP contribution in [0.1, 0.15) is 49.5 Å². The van der Waals surface area contributed by atoms with Crippen LogP contribution in [-0.2, 0) is 27.9 Å². The number of rotatable bonds is 7. The minimum absolute atomic E-state index is 0.0345. The lowest BCUT2D eigenvalue weighted by Crippen LogP contribution is -2.45. The second-order valence-corrected chi connectivity index (χ2v) is 10.7. The number of esters is 1. The van der Waals surface area contributed by atoms with Gasteiger partial charge in [-0.1, -0.05) is 6.07 Å². The van der Waals surface area contributed by atoms with E-state index >= 15 is 0 Å². The van der Waals surface area contributed by atoms with Crippen LogP contribution in [0, 0.1) is 0 Å². The van der Waals surface area contributed by atoms with E-state index in [1.54, 1.807) is 56.9 Å². The number of halogens is 2. The highest BCUT2D eigenvalue weighted by atomic mass is 19.3. The molecule has 1 atom stereocenters. The Kier molecular flexibility index (Phi) is 6.51. The molecule has 3 aromatic rings. The third kappa shape index (κ3) is 5.21. The van der Waals surface area contributed by atoms with E-state index in [4.69, 9.17) is 10.5 Å². The van der Waals surface area contributed by atoms with Gasteiger partial charge < -0.3 is 24.8 Å². The molecular weight excluding hydrogens is 526 g/mol. The molecule has 0 saturated heterocycles. The Balaban J connectivity index is 1.40. The maximum atomic E-state index is 13.5. The van der Waals surface area contributed by atoms with Gasteiger partial charge in [-0.3, -0.25) is 19.1 Å². The topological polar surface area (TPSA) is 126 Å². The fourth-order valence-electron chi connectivity index (χ4n) is 4.95. The van der Waals surface area contributed by atoms with E-state index in [2.05, 4.69) is 14.6 Å². The number of fused-ring (bicyclic) bond motifs is 2. The Labute approximate surface area is 228 Å². The van der Waals surface area contributed by atoms with Crippen LogP contribution in [0.15, 0.2) is 42.6 Å². The molecule has 0 bridgehead atoms. The van der Waals surface area contributed by atoms with Crippen molar-refractivity contribution in [3.05, 3.63) is 53.7 Å². The van der Waals surface area contributed by atoms with Gasteiger partial charge in [0.1, 0.15) is 11.6 Å². The van der Waals surface area contributed by atoms with Gasteiger partial charge in [-0.25, -0.2) is 0 Å². The Morgan fingerprint density at radius 2 is 1.80 bits per heavy atom. The van der Waals surface area contributed by atoms with E-state index in [9.17, 15) is 23.2 Å². The molecule has 2 aromatic carbocycles. The molecule has 12 heteroatoms. The van der Waals surface area contributed by atoms with E-state index in [1.165, 1.54) is 17.0 Å². The number of aryl methyl sites for hydroxylation is 1. The Morgan fingerprint density at radius 3 is 2.50 bits per heavy atom. The zero-order chi connectivity index (χ0) is 29.0. The summed E-state index contributed by atoms with van der Waals surface area (Å²) < 4.78 is 43.1. The fraction of sp³-hybridized carbons (Fsp3) is 0.357. The van der Waals surface area contributed by atoms with Crippen molar-refractivity contribution in [3.8, 4) is 33.9 Å². The molecule has 1 aromatic heterocycles. The number of ether oxygens (including phenoxy) is 3. The summed E-state index contributed by atoms with van der Waals surface area (Å²) in [5.41, 5.74) is 8.67. The molecular formula is C28H28F2N4O6. The van der Waals surface area contributed by atoms with Crippen molar-refractivity contribution in [2.75, 3.05) is 0 Å². The number of carbonyl (C=O) groups is 3. The second-order valence-electron chi connectivity index (χ2n) is 10.7. The Bertz CT molecular complexity index is 1530. The molecule has 40 heavy (non-hydrogen) atoms. The molecule has 210 valence electrons. The molecule has 2 aliphatic heterocycles. The summed E-state index contributed by atoms with van der Waals surface area (Å²) in [6, 6.07) is 8.74. The van der Waals surface area contributed by atoms with Gasteiger partial charge in [0.15, 0.2) is 11.5 Å². The summed E-state index contributed by atoms with van der Waals surface area (Å²) >= 11 is 0. The summed E-state index contributed by atoms with van der Waals surface area (Å²) in [7, 11) is 1.72. The minimum atomic E-state index is -3.73. The third-order valence-electron chi connectivity index (χ3n) is 6.61. The first-order valence-electron chi connectivity index (χ1n) is 12.6. The van der Waals surface area contributed by atoms with Crippen LogP contribution < -0.4 is 15.2 Å². The number of aromatic nitrogens is 2. The number of nitrogens with two attached hydrogens (primary N) is 1. The number of hydrogen-bond acceptors (Lipinski definition) is 7. The van der Waals surface area contributed by atoms with Gasteiger partial charge in [0.25, 0.3) is 5.91 Å². The monoisotopic (exact) mass is 554 g/mol. The van der Waals surface area contributed by atoms with Crippen molar-refractivity contribution in [1.29, 1.82) is 0 Å². The number of amides is 2. The number of primary amides is 1. The van der Waals surface area contributed by atoms with Crippen molar-refractivity contribution < 1.29 is 37.4 Å². The highest BCUT2D eigenvalue weighted by Crippen LogP contribution is 2.44. The molecule has 2 amide bonds. The molecule has 10 nitrogen and oxygen atoms in total. The average Bonchev–Trinajstić information content (AvgIpc) is 3.48. The lowest BCUT2D eigenvalue weighted by Gasteiger charge is -2.25. The van der Waals surface area contributed by atoms with Gasteiger partial charge >= 0.3 is 12.3 Å². The molecule has 0 aliphatic carbocycles. The van der Waals surface area contributed by atoms with Gasteiger partial charge in [-0.2, -0.15) is 5.10 Å². The molecule has 2 N–H and O–H groups in total. The van der Waals surface area contributed by atoms with E-state index in [1.807, 2.05) is 6.07 Å². The molecule has 3 heterocycles. The molecule has 0 saturated carbocycles. The standard InChI is InChI=1S/C28H28F2N4O6/c1-27(2,3)40-23(35)10-8-20(25(31)36)34-14-17-11-15(5-7-18(17)26(34)37)19-13-32-33(4)24(19)16-6-9-21-22(12-16)39-28(29,30)38-21/h5-7,9,11-13,20H,8,10,14H2,1-4H3,(H2,31,36). The van der Waals surface area contributed by atoms with Crippen LogP contribution in [0.3, 0.4) is 0 Å². The van der Waals surface area contributed by atoms with Crippen molar-refractivity contribution in [3.63, 3.8) is 0 Å². The normalized spacial score (nSPS) is 16.1. The number of nitrogens with zero attached hydrogens (tertiary/aromatic N) is 3. The molecule has 2 aliphatic rings. The lowest BCUT2D eigenvalue weighted by molar-refractivity contribution is -0.286. The highest BCUT2D eigenvalue weighted by molar-refractivity contribution is 6.01. The van der Waals surface area contributed by atoms with E-state index in [-0.39, 0.29) is 36.8 Å². The zero-order valence-electron chi connectivity index (χ0n) is 22.4. The van der Waals surface area contributed by atoms with Crippen molar-refractivity contribution in [2.45, 2.75) is 58.1 Å². The summed E-state index contributed by atoms with van der Waals surface area (Å²) in [6.45, 7) is 5.35. The predicted octanol–water partition coefficient (Wildman–Crippen LogP) is 4.01. The largest absolute Gasteiger partial charge is 0.586 e. The Morgan fingerprint density at radius 1 is 1.10 bits per heavy atom. The average molecular weight is 555 g/mol. The summed E-state index contributed by atoms with van der Waals surface area (Å²) in [5, 5.41) is 4.35. The number of alkyl halides is 2. The highest BCUT2D eigenvalue weighted by Gasteiger charge is 2.43. The fourth-order valence-corrected chi connectivity index (χ4v) is 4.95. The summed E-state index contributed by atoms with van der Waals surface area (Å²) in [4.78, 5) is 39.1. The van der Waals surface area contributed by atoms with Gasteiger partial charge in [-0.15, -0.1) is 8.78 Å². The predicted molar refractivity (Wildman–Crippen MR) is 138 cm³/mol. The van der Waals surface area contributed by atoms with E-state index < -0.39 is 29.8 Å².